The summed E-state index contributed by atoms with van der Waals surface area (Å²) in [5.41, 5.74) is 0.658. The summed E-state index contributed by atoms with van der Waals surface area (Å²) in [7, 11) is 0. The second-order valence-corrected chi connectivity index (χ2v) is 9.28. The highest BCUT2D eigenvalue weighted by Gasteiger charge is 2.14. The van der Waals surface area contributed by atoms with E-state index in [1.807, 2.05) is 12.3 Å². The molecule has 0 radical (unpaired) electrons. The Hall–Kier alpha value is -3.04. The van der Waals surface area contributed by atoms with E-state index in [4.69, 9.17) is 0 Å². The lowest BCUT2D eigenvalue weighted by atomic mass is 10.2. The summed E-state index contributed by atoms with van der Waals surface area (Å²) in [6.07, 6.45) is 0.698. The van der Waals surface area contributed by atoms with Gasteiger partial charge in [-0.15, -0.1) is 22.7 Å². The van der Waals surface area contributed by atoms with Crippen LogP contribution in [-0.4, -0.2) is 26.6 Å². The van der Waals surface area contributed by atoms with Crippen LogP contribution in [0.3, 0.4) is 0 Å². The van der Waals surface area contributed by atoms with Gasteiger partial charge in [0.1, 0.15) is 6.54 Å². The lowest BCUT2D eigenvalue weighted by Crippen LogP contribution is -2.42. The van der Waals surface area contributed by atoms with E-state index in [9.17, 15) is 14.4 Å². The van der Waals surface area contributed by atoms with Gasteiger partial charge in [0.15, 0.2) is 0 Å². The number of amides is 1. The summed E-state index contributed by atoms with van der Waals surface area (Å²) >= 11 is 3.29. The number of hydrogen-bond donors (Lipinski definition) is 1. The van der Waals surface area contributed by atoms with Gasteiger partial charge in [-0.3, -0.25) is 18.7 Å². The quantitative estimate of drug-likeness (QED) is 0.465. The van der Waals surface area contributed by atoms with Crippen molar-refractivity contribution >= 4 is 39.5 Å². The average molecular weight is 455 g/mol. The number of hydrogen-bond acceptors (Lipinski definition) is 6. The second kappa shape index (κ2) is 8.99. The van der Waals surface area contributed by atoms with Crippen LogP contribution in [0.25, 0.3) is 21.5 Å². The highest BCUT2D eigenvalue weighted by Crippen LogP contribution is 2.29. The van der Waals surface area contributed by atoms with Crippen molar-refractivity contribution in [1.82, 2.24) is 19.4 Å². The molecule has 3 aromatic heterocycles. The lowest BCUT2D eigenvalue weighted by Gasteiger charge is -2.13. The molecule has 4 rings (SSSR count). The fraction of sp³-hybridized carbons (Fsp3) is 0.273. The van der Waals surface area contributed by atoms with E-state index in [-0.39, 0.29) is 24.6 Å². The molecule has 0 atom stereocenters. The van der Waals surface area contributed by atoms with E-state index >= 15 is 0 Å². The monoisotopic (exact) mass is 454 g/mol. The molecule has 4 aromatic rings. The van der Waals surface area contributed by atoms with Crippen molar-refractivity contribution in [3.63, 3.8) is 0 Å². The molecule has 0 bridgehead atoms. The summed E-state index contributed by atoms with van der Waals surface area (Å²) < 4.78 is 2.52. The van der Waals surface area contributed by atoms with Crippen LogP contribution in [0.4, 0.5) is 0 Å². The summed E-state index contributed by atoms with van der Waals surface area (Å²) in [5.74, 6) is -0.263. The number of carbonyl (C=O) groups is 1. The number of benzene rings is 1. The smallest absolute Gasteiger partial charge is 0.331 e. The van der Waals surface area contributed by atoms with Crippen LogP contribution >= 0.6 is 22.7 Å². The minimum absolute atomic E-state index is 0.132. The number of nitrogens with zero attached hydrogens (tertiary/aromatic N) is 3. The third-order valence-electron chi connectivity index (χ3n) is 4.98. The van der Waals surface area contributed by atoms with Gasteiger partial charge in [0.05, 0.1) is 26.5 Å². The van der Waals surface area contributed by atoms with Crippen LogP contribution in [0, 0.1) is 6.92 Å². The first-order chi connectivity index (χ1) is 15.0. The molecule has 3 heterocycles. The van der Waals surface area contributed by atoms with Crippen molar-refractivity contribution in [3.8, 4) is 10.6 Å². The Balaban J connectivity index is 1.44. The minimum Gasteiger partial charge on any atom is -0.354 e. The maximum atomic E-state index is 12.7. The van der Waals surface area contributed by atoms with Gasteiger partial charge in [-0.2, -0.15) is 0 Å². The van der Waals surface area contributed by atoms with E-state index in [0.29, 0.717) is 23.9 Å². The van der Waals surface area contributed by atoms with Gasteiger partial charge >= 0.3 is 5.69 Å². The number of nitrogens with one attached hydrogen (secondary N) is 1. The fourth-order valence-corrected chi connectivity index (χ4v) is 5.11. The van der Waals surface area contributed by atoms with Gasteiger partial charge in [0, 0.05) is 23.3 Å². The summed E-state index contributed by atoms with van der Waals surface area (Å²) in [5, 5.41) is 6.40. The van der Waals surface area contributed by atoms with Gasteiger partial charge in [-0.1, -0.05) is 12.1 Å². The zero-order chi connectivity index (χ0) is 22.0. The standard InChI is InChI=1S/C22H22N4O3S2/c1-3-25-21(28)16-6-4-5-7-18(16)26(22(25)29)12-20(27)23-11-10-15-8-9-19(31-15)17-13-30-14(2)24-17/h4-9,13H,3,10-12H2,1-2H3,(H,23,27). The van der Waals surface area contributed by atoms with Crippen LogP contribution in [-0.2, 0) is 24.3 Å². The van der Waals surface area contributed by atoms with Gasteiger partial charge < -0.3 is 5.32 Å². The Morgan fingerprint density at radius 2 is 1.94 bits per heavy atom. The molecule has 0 unspecified atom stereocenters. The Bertz CT molecular complexity index is 1360. The first kappa shape index (κ1) is 21.2. The van der Waals surface area contributed by atoms with E-state index in [1.54, 1.807) is 53.9 Å². The average Bonchev–Trinajstić information content (AvgIpc) is 3.40. The van der Waals surface area contributed by atoms with Crippen molar-refractivity contribution in [2.45, 2.75) is 33.4 Å². The molecule has 1 N–H and O–H groups in total. The number of rotatable bonds is 7. The topological polar surface area (TPSA) is 86.0 Å². The molecule has 160 valence electrons. The Kier molecular flexibility index (Phi) is 6.15. The Morgan fingerprint density at radius 1 is 1.13 bits per heavy atom. The molecular weight excluding hydrogens is 432 g/mol. The van der Waals surface area contributed by atoms with Crippen molar-refractivity contribution < 1.29 is 4.79 Å². The summed E-state index contributed by atoms with van der Waals surface area (Å²) in [6, 6.07) is 11.0. The largest absolute Gasteiger partial charge is 0.354 e. The zero-order valence-electron chi connectivity index (χ0n) is 17.3. The predicted octanol–water partition coefficient (Wildman–Crippen LogP) is 3.04. The molecule has 9 heteroatoms. The third kappa shape index (κ3) is 4.38. The van der Waals surface area contributed by atoms with Gasteiger partial charge in [0.25, 0.3) is 5.56 Å². The number of fused-ring (bicyclic) bond motifs is 1. The van der Waals surface area contributed by atoms with Crippen LogP contribution in [0.1, 0.15) is 16.8 Å². The number of thiophene rings is 1. The Morgan fingerprint density at radius 3 is 2.68 bits per heavy atom. The maximum absolute atomic E-state index is 12.7. The van der Waals surface area contributed by atoms with Gasteiger partial charge in [0.2, 0.25) is 5.91 Å². The maximum Gasteiger partial charge on any atom is 0.331 e. The summed E-state index contributed by atoms with van der Waals surface area (Å²) in [6.45, 7) is 4.31. The number of para-hydroxylation sites is 1. The van der Waals surface area contributed by atoms with Crippen molar-refractivity contribution in [3.05, 3.63) is 72.5 Å². The molecule has 0 aliphatic heterocycles. The van der Waals surface area contributed by atoms with E-state index in [1.165, 1.54) is 4.57 Å². The molecule has 0 aliphatic carbocycles. The SMILES string of the molecule is CCn1c(=O)c2ccccc2n(CC(=O)NCCc2ccc(-c3csc(C)n3)s2)c1=O. The number of aromatic nitrogens is 3. The van der Waals surface area contributed by atoms with Crippen molar-refractivity contribution in [2.75, 3.05) is 6.54 Å². The highest BCUT2D eigenvalue weighted by molar-refractivity contribution is 7.16. The van der Waals surface area contributed by atoms with Gasteiger partial charge in [-0.25, -0.2) is 9.78 Å². The van der Waals surface area contributed by atoms with Crippen LogP contribution in [0.2, 0.25) is 0 Å². The molecule has 0 fully saturated rings. The van der Waals surface area contributed by atoms with Crippen LogP contribution in [0.15, 0.2) is 51.4 Å². The molecule has 0 spiro atoms. The van der Waals surface area contributed by atoms with Crippen molar-refractivity contribution in [1.29, 1.82) is 0 Å². The normalized spacial score (nSPS) is 11.2. The van der Waals surface area contributed by atoms with E-state index in [2.05, 4.69) is 22.4 Å². The molecule has 1 amide bonds. The lowest BCUT2D eigenvalue weighted by molar-refractivity contribution is -0.121. The van der Waals surface area contributed by atoms with Crippen LogP contribution < -0.4 is 16.6 Å². The fourth-order valence-electron chi connectivity index (χ4n) is 3.45. The van der Waals surface area contributed by atoms with Gasteiger partial charge in [-0.05, 0) is 44.5 Å². The first-order valence-electron chi connectivity index (χ1n) is 9.98. The predicted molar refractivity (Wildman–Crippen MR) is 125 cm³/mol. The zero-order valence-corrected chi connectivity index (χ0v) is 18.9. The number of thiazole rings is 1. The number of aryl methyl sites for hydroxylation is 1. The molecular formula is C22H22N4O3S2. The molecule has 1 aromatic carbocycles. The molecule has 0 aliphatic rings. The molecule has 0 saturated carbocycles. The van der Waals surface area contributed by atoms with Crippen LogP contribution in [0.5, 0.6) is 0 Å². The molecule has 31 heavy (non-hydrogen) atoms. The third-order valence-corrected chi connectivity index (χ3v) is 6.92. The first-order valence-corrected chi connectivity index (χ1v) is 11.7. The van der Waals surface area contributed by atoms with E-state index in [0.717, 1.165) is 25.0 Å². The second-order valence-electron chi connectivity index (χ2n) is 7.05. The molecule has 7 nitrogen and oxygen atoms in total. The highest BCUT2D eigenvalue weighted by atomic mass is 32.1. The minimum atomic E-state index is -0.470. The summed E-state index contributed by atoms with van der Waals surface area (Å²) in [4.78, 5) is 44.6. The van der Waals surface area contributed by atoms with Crippen molar-refractivity contribution in [2.24, 2.45) is 0 Å². The number of carbonyl (C=O) groups excluding carboxylic acids is 1. The molecule has 0 saturated heterocycles. The van der Waals surface area contributed by atoms with E-state index < -0.39 is 5.69 Å². The Labute approximate surface area is 186 Å².